The monoisotopic (exact) mass is 308 g/mol. The van der Waals surface area contributed by atoms with Crippen LogP contribution in [0.15, 0.2) is 24.5 Å². The number of anilines is 2. The average molecular weight is 309 g/mol. The lowest BCUT2D eigenvalue weighted by Gasteiger charge is -2.31. The van der Waals surface area contributed by atoms with Crippen molar-refractivity contribution < 1.29 is 0 Å². The van der Waals surface area contributed by atoms with Crippen LogP contribution in [0.25, 0.3) is 0 Å². The molecular weight excluding hydrogens is 295 g/mol. The third-order valence-electron chi connectivity index (χ3n) is 3.51. The molecule has 0 saturated carbocycles. The van der Waals surface area contributed by atoms with Crippen molar-refractivity contribution in [2.24, 2.45) is 0 Å². The van der Waals surface area contributed by atoms with Crippen molar-refractivity contribution in [1.29, 1.82) is 0 Å². The number of nitrogens with zero attached hydrogens (tertiary/aromatic N) is 3. The van der Waals surface area contributed by atoms with E-state index in [0.717, 1.165) is 36.0 Å². The molecule has 2 heterocycles. The Labute approximate surface area is 127 Å². The van der Waals surface area contributed by atoms with Crippen LogP contribution in [0.2, 0.25) is 10.2 Å². The van der Waals surface area contributed by atoms with E-state index in [9.17, 15) is 0 Å². The third kappa shape index (κ3) is 2.41. The highest BCUT2D eigenvalue weighted by Gasteiger charge is 2.21. The van der Waals surface area contributed by atoms with Crippen LogP contribution >= 0.6 is 23.2 Å². The molecule has 0 bridgehead atoms. The molecule has 1 aromatic carbocycles. The summed E-state index contributed by atoms with van der Waals surface area (Å²) in [5.41, 5.74) is 3.34. The van der Waals surface area contributed by atoms with Crippen molar-refractivity contribution in [3.05, 3.63) is 45.8 Å². The minimum atomic E-state index is 0.439. The van der Waals surface area contributed by atoms with E-state index in [-0.39, 0.29) is 0 Å². The van der Waals surface area contributed by atoms with Crippen molar-refractivity contribution in [2.45, 2.75) is 13.0 Å². The van der Waals surface area contributed by atoms with Crippen LogP contribution in [0.1, 0.15) is 11.1 Å². The topological polar surface area (TPSA) is 41.1 Å². The van der Waals surface area contributed by atoms with E-state index >= 15 is 0 Å². The van der Waals surface area contributed by atoms with E-state index in [1.807, 2.05) is 19.2 Å². The summed E-state index contributed by atoms with van der Waals surface area (Å²) in [5, 5.41) is 4.28. The van der Waals surface area contributed by atoms with Crippen LogP contribution in [0, 0.1) is 0 Å². The maximum Gasteiger partial charge on any atom is 0.157 e. The molecule has 0 aliphatic carbocycles. The second-order valence-electron chi connectivity index (χ2n) is 4.70. The molecule has 3 rings (SSSR count). The Hall–Kier alpha value is -1.52. The number of aromatic nitrogens is 2. The zero-order chi connectivity index (χ0) is 14.1. The van der Waals surface area contributed by atoms with Gasteiger partial charge in [-0.15, -0.1) is 0 Å². The van der Waals surface area contributed by atoms with Crippen LogP contribution in [-0.2, 0) is 13.0 Å². The summed E-state index contributed by atoms with van der Waals surface area (Å²) in [6.45, 7) is 1.68. The third-order valence-corrected chi connectivity index (χ3v) is 4.03. The molecule has 1 aliphatic rings. The molecule has 0 saturated heterocycles. The van der Waals surface area contributed by atoms with Gasteiger partial charge in [-0.05, 0) is 29.7 Å². The Balaban J connectivity index is 1.96. The fourth-order valence-electron chi connectivity index (χ4n) is 2.52. The number of hydrogen-bond acceptors (Lipinski definition) is 4. The van der Waals surface area contributed by atoms with Crippen molar-refractivity contribution in [2.75, 3.05) is 23.8 Å². The molecular formula is C14H14Cl2N4. The maximum atomic E-state index is 6.11. The van der Waals surface area contributed by atoms with Gasteiger partial charge in [-0.2, -0.15) is 0 Å². The van der Waals surface area contributed by atoms with E-state index < -0.39 is 0 Å². The lowest BCUT2D eigenvalue weighted by atomic mass is 10.00. The van der Waals surface area contributed by atoms with Crippen molar-refractivity contribution in [3.8, 4) is 0 Å². The molecule has 0 spiro atoms. The molecule has 4 nitrogen and oxygen atoms in total. The first-order valence-electron chi connectivity index (χ1n) is 6.39. The number of benzene rings is 1. The first-order chi connectivity index (χ1) is 9.69. The molecule has 20 heavy (non-hydrogen) atoms. The van der Waals surface area contributed by atoms with Crippen molar-refractivity contribution >= 4 is 34.7 Å². The standard InChI is InChI=1S/C14H14Cl2N4/c1-17-12-13(16)18-8-19-14(12)20-5-4-9-2-3-11(15)6-10(9)7-20/h2-3,6,8,17H,4-5,7H2,1H3. The van der Waals surface area contributed by atoms with Crippen LogP contribution in [0.4, 0.5) is 11.5 Å². The summed E-state index contributed by atoms with van der Waals surface area (Å²) in [5.74, 6) is 0.832. The van der Waals surface area contributed by atoms with Crippen LogP contribution in [0.5, 0.6) is 0 Å². The van der Waals surface area contributed by atoms with E-state index in [4.69, 9.17) is 23.2 Å². The second kappa shape index (κ2) is 5.46. The molecule has 0 unspecified atom stereocenters. The van der Waals surface area contributed by atoms with Gasteiger partial charge in [0.25, 0.3) is 0 Å². The lowest BCUT2D eigenvalue weighted by molar-refractivity contribution is 0.720. The minimum absolute atomic E-state index is 0.439. The number of nitrogens with one attached hydrogen (secondary N) is 1. The second-order valence-corrected chi connectivity index (χ2v) is 5.49. The van der Waals surface area contributed by atoms with Gasteiger partial charge in [0, 0.05) is 25.2 Å². The minimum Gasteiger partial charge on any atom is -0.383 e. The first kappa shape index (κ1) is 13.5. The van der Waals surface area contributed by atoms with Crippen LogP contribution < -0.4 is 10.2 Å². The lowest BCUT2D eigenvalue weighted by Crippen LogP contribution is -2.31. The Bertz CT molecular complexity index is 645. The van der Waals surface area contributed by atoms with Crippen molar-refractivity contribution in [3.63, 3.8) is 0 Å². The predicted molar refractivity (Wildman–Crippen MR) is 82.8 cm³/mol. The highest BCUT2D eigenvalue weighted by atomic mass is 35.5. The molecule has 0 atom stereocenters. The van der Waals surface area contributed by atoms with E-state index in [1.165, 1.54) is 17.5 Å². The number of rotatable bonds is 2. The summed E-state index contributed by atoms with van der Waals surface area (Å²) in [7, 11) is 1.82. The summed E-state index contributed by atoms with van der Waals surface area (Å²) < 4.78 is 0. The molecule has 1 N–H and O–H groups in total. The van der Waals surface area contributed by atoms with Gasteiger partial charge < -0.3 is 10.2 Å². The van der Waals surface area contributed by atoms with Gasteiger partial charge in [0.2, 0.25) is 0 Å². The number of halogens is 2. The summed E-state index contributed by atoms with van der Waals surface area (Å²) in [6.07, 6.45) is 2.46. The Morgan fingerprint density at radius 2 is 2.05 bits per heavy atom. The van der Waals surface area contributed by atoms with Gasteiger partial charge >= 0.3 is 0 Å². The Morgan fingerprint density at radius 3 is 2.85 bits per heavy atom. The van der Waals surface area contributed by atoms with Gasteiger partial charge in [-0.3, -0.25) is 0 Å². The fraction of sp³-hybridized carbons (Fsp3) is 0.286. The fourth-order valence-corrected chi connectivity index (χ4v) is 2.93. The zero-order valence-corrected chi connectivity index (χ0v) is 12.5. The molecule has 1 aliphatic heterocycles. The normalized spacial score (nSPS) is 14.1. The molecule has 104 valence electrons. The highest BCUT2D eigenvalue weighted by Crippen LogP contribution is 2.32. The van der Waals surface area contributed by atoms with Gasteiger partial charge in [0.05, 0.1) is 0 Å². The highest BCUT2D eigenvalue weighted by molar-refractivity contribution is 6.32. The zero-order valence-electron chi connectivity index (χ0n) is 11.0. The summed E-state index contributed by atoms with van der Waals surface area (Å²) in [6, 6.07) is 6.06. The maximum absolute atomic E-state index is 6.11. The van der Waals surface area contributed by atoms with Crippen LogP contribution in [0.3, 0.4) is 0 Å². The molecule has 1 aromatic heterocycles. The number of hydrogen-bond donors (Lipinski definition) is 1. The molecule has 0 radical (unpaired) electrons. The largest absolute Gasteiger partial charge is 0.383 e. The molecule has 0 fully saturated rings. The molecule has 2 aromatic rings. The predicted octanol–water partition coefficient (Wildman–Crippen LogP) is 3.39. The molecule has 0 amide bonds. The van der Waals surface area contributed by atoms with Gasteiger partial charge in [-0.1, -0.05) is 29.3 Å². The first-order valence-corrected chi connectivity index (χ1v) is 7.15. The van der Waals surface area contributed by atoms with Gasteiger partial charge in [0.1, 0.15) is 12.0 Å². The summed E-state index contributed by atoms with van der Waals surface area (Å²) in [4.78, 5) is 10.6. The Morgan fingerprint density at radius 1 is 1.20 bits per heavy atom. The average Bonchev–Trinajstić information content (AvgIpc) is 2.46. The van der Waals surface area contributed by atoms with E-state index in [2.05, 4.69) is 26.3 Å². The molecule has 6 heteroatoms. The van der Waals surface area contributed by atoms with Crippen LogP contribution in [-0.4, -0.2) is 23.6 Å². The van der Waals surface area contributed by atoms with E-state index in [1.54, 1.807) is 0 Å². The number of fused-ring (bicyclic) bond motifs is 1. The SMILES string of the molecule is CNc1c(Cl)ncnc1N1CCc2ccc(Cl)cc2C1. The van der Waals surface area contributed by atoms with Gasteiger partial charge in [0.15, 0.2) is 11.0 Å². The summed E-state index contributed by atoms with van der Waals surface area (Å²) >= 11 is 12.2. The van der Waals surface area contributed by atoms with E-state index in [0.29, 0.717) is 5.15 Å². The Kier molecular flexibility index (Phi) is 3.68. The quantitative estimate of drug-likeness (QED) is 0.863. The smallest absolute Gasteiger partial charge is 0.157 e. The van der Waals surface area contributed by atoms with Gasteiger partial charge in [-0.25, -0.2) is 9.97 Å². The van der Waals surface area contributed by atoms with Crippen molar-refractivity contribution in [1.82, 2.24) is 9.97 Å².